The largest absolute Gasteiger partial charge is 0.497 e. The van der Waals surface area contributed by atoms with Crippen LogP contribution < -0.4 is 9.47 Å². The lowest BCUT2D eigenvalue weighted by Crippen LogP contribution is -2.10. The molecule has 0 saturated carbocycles. The van der Waals surface area contributed by atoms with Crippen LogP contribution in [0.5, 0.6) is 11.5 Å². The van der Waals surface area contributed by atoms with Crippen LogP contribution in [0.15, 0.2) is 119 Å². The lowest BCUT2D eigenvalue weighted by atomic mass is 9.87. The van der Waals surface area contributed by atoms with Crippen molar-refractivity contribution in [1.82, 2.24) is 4.98 Å². The summed E-state index contributed by atoms with van der Waals surface area (Å²) >= 11 is 0. The third kappa shape index (κ3) is 5.20. The van der Waals surface area contributed by atoms with Crippen LogP contribution in [-0.2, 0) is 17.6 Å². The molecule has 0 bridgehead atoms. The van der Waals surface area contributed by atoms with Crippen molar-refractivity contribution in [2.45, 2.75) is 12.8 Å². The highest BCUT2D eigenvalue weighted by Crippen LogP contribution is 2.45. The molecule has 0 radical (unpaired) electrons. The molecule has 0 saturated heterocycles. The first kappa shape index (κ1) is 27.2. The van der Waals surface area contributed by atoms with Crippen molar-refractivity contribution >= 4 is 28.9 Å². The van der Waals surface area contributed by atoms with Crippen LogP contribution in [0.4, 0.5) is 5.82 Å². The summed E-state index contributed by atoms with van der Waals surface area (Å²) in [5.41, 5.74) is 10.3. The second-order valence-electron chi connectivity index (χ2n) is 10.7. The summed E-state index contributed by atoms with van der Waals surface area (Å²) in [4.78, 5) is 25.0. The normalized spacial score (nSPS) is 14.4. The number of rotatable bonds is 8. The first-order chi connectivity index (χ1) is 21.6. The summed E-state index contributed by atoms with van der Waals surface area (Å²) in [6.07, 6.45) is 3.70. The van der Waals surface area contributed by atoms with Gasteiger partial charge in [0.25, 0.3) is 0 Å². The number of methoxy groups -OCH3 is 1. The van der Waals surface area contributed by atoms with Crippen molar-refractivity contribution in [3.63, 3.8) is 0 Å². The summed E-state index contributed by atoms with van der Waals surface area (Å²) in [6, 6.07) is 34.2. The number of allylic oxidation sites excluding steroid dienone is 1. The molecule has 4 aromatic carbocycles. The Balaban J connectivity index is 1.37. The van der Waals surface area contributed by atoms with E-state index in [4.69, 9.17) is 24.6 Å². The van der Waals surface area contributed by atoms with Gasteiger partial charge in [0.2, 0.25) is 0 Å². The number of aliphatic carboxylic acids is 1. The number of hydrogen-bond donors (Lipinski definition) is 2. The summed E-state index contributed by atoms with van der Waals surface area (Å²) in [6.45, 7) is -0.372. The molecule has 1 aliphatic carbocycles. The van der Waals surface area contributed by atoms with Crippen molar-refractivity contribution in [2.75, 3.05) is 13.7 Å². The number of amidine groups is 1. The van der Waals surface area contributed by atoms with E-state index in [1.54, 1.807) is 7.11 Å². The Morgan fingerprint density at radius 2 is 1.57 bits per heavy atom. The molecule has 7 heteroatoms. The fourth-order valence-electron chi connectivity index (χ4n) is 5.86. The van der Waals surface area contributed by atoms with Gasteiger partial charge in [-0.3, -0.25) is 0 Å². The summed E-state index contributed by atoms with van der Waals surface area (Å²) < 4.78 is 10.8. The Hall–Kier alpha value is -5.69. The predicted octanol–water partition coefficient (Wildman–Crippen LogP) is 7.54. The Morgan fingerprint density at radius 3 is 2.27 bits per heavy atom. The Kier molecular flexibility index (Phi) is 7.12. The smallest absolute Gasteiger partial charge is 0.341 e. The zero-order valence-electron chi connectivity index (χ0n) is 24.1. The van der Waals surface area contributed by atoms with E-state index in [2.05, 4.69) is 35.3 Å². The van der Waals surface area contributed by atoms with Crippen molar-refractivity contribution in [1.29, 1.82) is 0 Å². The molecule has 0 amide bonds. The van der Waals surface area contributed by atoms with Gasteiger partial charge in [0.05, 0.1) is 18.5 Å². The van der Waals surface area contributed by atoms with Gasteiger partial charge in [-0.05, 0) is 83.6 Å². The standard InChI is InChI=1S/C37H29N3O4/c1-43-27-15-12-24(13-16-27)32-21-31(23-8-4-2-5-9-23)36(38-32)40-37-34(25-10-6-3-7-11-25)30-18-14-26-20-28(44-22-33(41)42)17-19-29(26)35(30)39-37/h2-13,15-17,19-21,39H,14,18,22H2,1H3,(H,41,42). The minimum atomic E-state index is -1.00. The van der Waals surface area contributed by atoms with Gasteiger partial charge < -0.3 is 19.6 Å². The number of aliphatic imine (C=N–C) groups is 2. The molecule has 0 spiro atoms. The molecule has 44 heavy (non-hydrogen) atoms. The van der Waals surface area contributed by atoms with E-state index in [0.29, 0.717) is 11.6 Å². The SMILES string of the molecule is COc1ccc(C2=NC(=Nc3[nH]c4c(c3-c3ccccc3)CCc3cc(OCC(=O)O)ccc3-4)C(c3ccccc3)=C2)cc1. The first-order valence-corrected chi connectivity index (χ1v) is 14.4. The third-order valence-electron chi connectivity index (χ3n) is 7.94. The van der Waals surface area contributed by atoms with Gasteiger partial charge in [0.1, 0.15) is 17.3 Å². The number of carboxylic acid groups (broad SMARTS) is 1. The van der Waals surface area contributed by atoms with Crippen LogP contribution in [0.3, 0.4) is 0 Å². The highest BCUT2D eigenvalue weighted by atomic mass is 16.5. The number of nitrogens with zero attached hydrogens (tertiary/aromatic N) is 2. The number of fused-ring (bicyclic) bond motifs is 3. The molecule has 2 heterocycles. The molecule has 1 aromatic heterocycles. The number of nitrogens with one attached hydrogen (secondary N) is 1. The molecule has 5 aromatic rings. The lowest BCUT2D eigenvalue weighted by molar-refractivity contribution is -0.139. The van der Waals surface area contributed by atoms with E-state index < -0.39 is 5.97 Å². The average Bonchev–Trinajstić information content (AvgIpc) is 3.66. The van der Waals surface area contributed by atoms with Gasteiger partial charge in [-0.25, -0.2) is 14.8 Å². The van der Waals surface area contributed by atoms with Gasteiger partial charge in [-0.1, -0.05) is 60.7 Å². The second-order valence-corrected chi connectivity index (χ2v) is 10.7. The van der Waals surface area contributed by atoms with Crippen LogP contribution in [0, 0.1) is 0 Å². The van der Waals surface area contributed by atoms with Gasteiger partial charge in [-0.15, -0.1) is 0 Å². The summed E-state index contributed by atoms with van der Waals surface area (Å²) in [7, 11) is 1.66. The van der Waals surface area contributed by atoms with E-state index in [0.717, 1.165) is 74.8 Å². The number of ether oxygens (including phenoxy) is 2. The second kappa shape index (κ2) is 11.5. The highest BCUT2D eigenvalue weighted by molar-refractivity contribution is 6.38. The molecule has 2 aliphatic rings. The Bertz CT molecular complexity index is 1950. The summed E-state index contributed by atoms with van der Waals surface area (Å²) in [5.74, 6) is 1.72. The molecule has 1 aliphatic heterocycles. The first-order valence-electron chi connectivity index (χ1n) is 14.4. The number of aryl methyl sites for hydroxylation is 1. The number of benzene rings is 4. The van der Waals surface area contributed by atoms with Gasteiger partial charge >= 0.3 is 5.97 Å². The molecule has 0 fully saturated rings. The molecular weight excluding hydrogens is 550 g/mol. The molecular formula is C37H29N3O4. The van der Waals surface area contributed by atoms with Crippen LogP contribution >= 0.6 is 0 Å². The van der Waals surface area contributed by atoms with Crippen LogP contribution in [0.25, 0.3) is 28.0 Å². The minimum Gasteiger partial charge on any atom is -0.497 e. The van der Waals surface area contributed by atoms with E-state index in [9.17, 15) is 4.79 Å². The fraction of sp³-hybridized carbons (Fsp3) is 0.108. The van der Waals surface area contributed by atoms with Gasteiger partial charge in [0, 0.05) is 22.3 Å². The van der Waals surface area contributed by atoms with Crippen LogP contribution in [0.1, 0.15) is 22.3 Å². The zero-order chi connectivity index (χ0) is 30.0. The van der Waals surface area contributed by atoms with Crippen LogP contribution in [-0.4, -0.2) is 41.3 Å². The topological polar surface area (TPSA) is 96.3 Å². The number of aromatic nitrogens is 1. The summed E-state index contributed by atoms with van der Waals surface area (Å²) in [5, 5.41) is 9.04. The number of carboxylic acids is 1. The maximum absolute atomic E-state index is 11.0. The van der Waals surface area contributed by atoms with Crippen molar-refractivity contribution in [3.05, 3.63) is 131 Å². The third-order valence-corrected chi connectivity index (χ3v) is 7.94. The lowest BCUT2D eigenvalue weighted by Gasteiger charge is -2.18. The molecule has 7 rings (SSSR count). The number of H-pyrrole nitrogens is 1. The van der Waals surface area contributed by atoms with Crippen LogP contribution in [0.2, 0.25) is 0 Å². The van der Waals surface area contributed by atoms with E-state index in [1.807, 2.05) is 78.9 Å². The molecule has 2 N–H and O–H groups in total. The average molecular weight is 580 g/mol. The molecule has 0 unspecified atom stereocenters. The maximum atomic E-state index is 11.0. The molecule has 216 valence electrons. The number of carbonyl (C=O) groups is 1. The maximum Gasteiger partial charge on any atom is 0.341 e. The highest BCUT2D eigenvalue weighted by Gasteiger charge is 2.27. The Morgan fingerprint density at radius 1 is 0.864 bits per heavy atom. The van der Waals surface area contributed by atoms with Crippen molar-refractivity contribution in [3.8, 4) is 33.9 Å². The Labute approximate surface area is 254 Å². The van der Waals surface area contributed by atoms with E-state index in [-0.39, 0.29) is 6.61 Å². The number of hydrogen-bond acceptors (Lipinski definition) is 4. The van der Waals surface area contributed by atoms with Crippen molar-refractivity contribution in [2.24, 2.45) is 9.98 Å². The zero-order valence-corrected chi connectivity index (χ0v) is 24.1. The number of aromatic amines is 1. The minimum absolute atomic E-state index is 0.372. The van der Waals surface area contributed by atoms with E-state index in [1.165, 1.54) is 5.56 Å². The van der Waals surface area contributed by atoms with Gasteiger partial charge in [-0.2, -0.15) is 0 Å². The van der Waals surface area contributed by atoms with E-state index >= 15 is 0 Å². The molecule has 7 nitrogen and oxygen atoms in total. The quantitative estimate of drug-likeness (QED) is 0.199. The fourth-order valence-corrected chi connectivity index (χ4v) is 5.86. The predicted molar refractivity (Wildman–Crippen MR) is 173 cm³/mol. The van der Waals surface area contributed by atoms with Crippen molar-refractivity contribution < 1.29 is 19.4 Å². The molecule has 0 atom stereocenters. The van der Waals surface area contributed by atoms with Gasteiger partial charge in [0.15, 0.2) is 12.4 Å². The monoisotopic (exact) mass is 579 g/mol.